The summed E-state index contributed by atoms with van der Waals surface area (Å²) in [5, 5.41) is 2.48. The molecule has 1 heterocycles. The summed E-state index contributed by atoms with van der Waals surface area (Å²) in [6.45, 7) is 1.19. The Morgan fingerprint density at radius 3 is 2.61 bits per heavy atom. The molecule has 1 aromatic carbocycles. The van der Waals surface area contributed by atoms with Crippen molar-refractivity contribution in [1.82, 2.24) is 16.2 Å². The van der Waals surface area contributed by atoms with Crippen LogP contribution >= 0.6 is 0 Å². The van der Waals surface area contributed by atoms with E-state index in [1.165, 1.54) is 19.1 Å². The van der Waals surface area contributed by atoms with E-state index >= 15 is 0 Å². The van der Waals surface area contributed by atoms with Crippen LogP contribution in [-0.2, 0) is 23.9 Å². The molecule has 0 spiro atoms. The SMILES string of the molecule is [2H]c1cccc(C2NNC(C(=O)OC)C2(NC(C)=O)C(=O)OC)c1[2H]. The lowest BCUT2D eigenvalue weighted by Gasteiger charge is -2.35. The summed E-state index contributed by atoms with van der Waals surface area (Å²) in [7, 11) is 2.27. The van der Waals surface area contributed by atoms with Crippen molar-refractivity contribution in [3.05, 3.63) is 35.8 Å². The number of amides is 1. The Bertz CT molecular complexity index is 714. The number of benzene rings is 1. The molecule has 0 aliphatic carbocycles. The van der Waals surface area contributed by atoms with E-state index in [1.54, 1.807) is 6.07 Å². The third-order valence-corrected chi connectivity index (χ3v) is 3.61. The van der Waals surface area contributed by atoms with E-state index in [0.717, 1.165) is 14.2 Å². The van der Waals surface area contributed by atoms with Crippen LogP contribution in [0.1, 0.15) is 21.3 Å². The monoisotopic (exact) mass is 323 g/mol. The van der Waals surface area contributed by atoms with Gasteiger partial charge < -0.3 is 14.8 Å². The zero-order valence-corrected chi connectivity index (χ0v) is 12.9. The van der Waals surface area contributed by atoms with E-state index in [1.807, 2.05) is 0 Å². The summed E-state index contributed by atoms with van der Waals surface area (Å²) in [4.78, 5) is 36.6. The predicted molar refractivity (Wildman–Crippen MR) is 79.8 cm³/mol. The number of hydrogen-bond donors (Lipinski definition) is 3. The van der Waals surface area contributed by atoms with Crippen LogP contribution in [0.15, 0.2) is 30.3 Å². The second kappa shape index (κ2) is 6.76. The molecule has 0 bridgehead atoms. The van der Waals surface area contributed by atoms with Crippen LogP contribution in [0.5, 0.6) is 0 Å². The maximum Gasteiger partial charge on any atom is 0.336 e. The minimum absolute atomic E-state index is 0.0672. The number of nitrogens with one attached hydrogen (secondary N) is 3. The third kappa shape index (κ3) is 2.90. The van der Waals surface area contributed by atoms with Crippen LogP contribution in [0.2, 0.25) is 0 Å². The van der Waals surface area contributed by atoms with Crippen LogP contribution in [0.3, 0.4) is 0 Å². The van der Waals surface area contributed by atoms with Crippen molar-refractivity contribution >= 4 is 17.8 Å². The van der Waals surface area contributed by atoms with Gasteiger partial charge in [-0.15, -0.1) is 0 Å². The second-order valence-corrected chi connectivity index (χ2v) is 4.97. The lowest BCUT2D eigenvalue weighted by molar-refractivity contribution is -0.158. The van der Waals surface area contributed by atoms with Crippen LogP contribution < -0.4 is 16.2 Å². The first kappa shape index (κ1) is 14.2. The molecule has 3 N–H and O–H groups in total. The number of carbonyl (C=O) groups is 3. The fraction of sp³-hybridized carbons (Fsp3) is 0.400. The molecule has 0 aromatic heterocycles. The van der Waals surface area contributed by atoms with Gasteiger partial charge in [0.1, 0.15) is 0 Å². The topological polar surface area (TPSA) is 106 Å². The largest absolute Gasteiger partial charge is 0.468 e. The molecule has 1 fully saturated rings. The Balaban J connectivity index is 2.68. The number of hydrogen-bond acceptors (Lipinski definition) is 7. The van der Waals surface area contributed by atoms with E-state index in [0.29, 0.717) is 0 Å². The molecule has 8 heteroatoms. The average Bonchev–Trinajstić information content (AvgIpc) is 2.95. The van der Waals surface area contributed by atoms with Gasteiger partial charge in [0, 0.05) is 6.92 Å². The molecule has 1 saturated heterocycles. The van der Waals surface area contributed by atoms with Crippen LogP contribution in [-0.4, -0.2) is 43.6 Å². The highest BCUT2D eigenvalue weighted by Gasteiger charge is 2.61. The molecule has 3 unspecified atom stereocenters. The lowest BCUT2D eigenvalue weighted by atomic mass is 9.81. The zero-order valence-electron chi connectivity index (χ0n) is 14.9. The molecule has 2 rings (SSSR count). The summed E-state index contributed by atoms with van der Waals surface area (Å²) in [5.41, 5.74) is 3.73. The summed E-state index contributed by atoms with van der Waals surface area (Å²) in [6.07, 6.45) is 0. The minimum Gasteiger partial charge on any atom is -0.468 e. The zero-order chi connectivity index (χ0) is 18.8. The van der Waals surface area contributed by atoms with Crippen LogP contribution in [0.4, 0.5) is 0 Å². The highest BCUT2D eigenvalue weighted by molar-refractivity contribution is 5.96. The standard InChI is InChI=1S/C15H19N3O5/c1-9(19)16-15(14(21)23-3)11(10-7-5-4-6-8-10)17-18-12(15)13(20)22-2/h4-8,11-12,17-18H,1-3H3,(H,16,19)/i5D,7D. The molecule has 0 radical (unpaired) electrons. The molecule has 8 nitrogen and oxygen atoms in total. The van der Waals surface area contributed by atoms with Crippen molar-refractivity contribution in [2.24, 2.45) is 0 Å². The van der Waals surface area contributed by atoms with Crippen molar-refractivity contribution in [1.29, 1.82) is 0 Å². The van der Waals surface area contributed by atoms with Crippen LogP contribution in [0.25, 0.3) is 0 Å². The van der Waals surface area contributed by atoms with Gasteiger partial charge in [0.05, 0.1) is 23.0 Å². The van der Waals surface area contributed by atoms with Crippen LogP contribution in [0, 0.1) is 0 Å². The molecule has 1 aliphatic heterocycles. The minimum atomic E-state index is -1.89. The number of hydrazine groups is 1. The van der Waals surface area contributed by atoms with Gasteiger partial charge in [-0.2, -0.15) is 0 Å². The van der Waals surface area contributed by atoms with E-state index < -0.39 is 35.5 Å². The van der Waals surface area contributed by atoms with Gasteiger partial charge in [0.25, 0.3) is 0 Å². The smallest absolute Gasteiger partial charge is 0.336 e. The number of esters is 2. The number of carbonyl (C=O) groups excluding carboxylic acids is 3. The Labute approximate surface area is 136 Å². The van der Waals surface area contributed by atoms with Gasteiger partial charge in [-0.3, -0.25) is 9.59 Å². The van der Waals surface area contributed by atoms with Gasteiger partial charge in [0.2, 0.25) is 5.91 Å². The van der Waals surface area contributed by atoms with Crippen molar-refractivity contribution in [3.63, 3.8) is 0 Å². The van der Waals surface area contributed by atoms with E-state index in [2.05, 4.69) is 16.2 Å². The van der Waals surface area contributed by atoms with E-state index in [9.17, 15) is 14.4 Å². The highest BCUT2D eigenvalue weighted by atomic mass is 16.5. The molecule has 1 aliphatic rings. The first-order valence-corrected chi connectivity index (χ1v) is 6.81. The number of ether oxygens (including phenoxy) is 2. The number of methoxy groups -OCH3 is 2. The Morgan fingerprint density at radius 1 is 1.26 bits per heavy atom. The van der Waals surface area contributed by atoms with Gasteiger partial charge in [-0.1, -0.05) is 30.3 Å². The Hall–Kier alpha value is -2.45. The average molecular weight is 323 g/mol. The molecule has 1 amide bonds. The molecule has 0 saturated carbocycles. The summed E-state index contributed by atoms with van der Waals surface area (Å²) in [6, 6.07) is 1.94. The Morgan fingerprint density at radius 2 is 2.00 bits per heavy atom. The third-order valence-electron chi connectivity index (χ3n) is 3.61. The molecule has 3 atom stereocenters. The van der Waals surface area contributed by atoms with Gasteiger partial charge in [-0.05, 0) is 5.56 Å². The summed E-state index contributed by atoms with van der Waals surface area (Å²) in [5.74, 6) is -2.28. The van der Waals surface area contributed by atoms with Crippen molar-refractivity contribution in [3.8, 4) is 0 Å². The normalized spacial score (nSPS) is 27.6. The van der Waals surface area contributed by atoms with Gasteiger partial charge >= 0.3 is 11.9 Å². The second-order valence-electron chi connectivity index (χ2n) is 4.97. The maximum atomic E-state index is 12.6. The molecular formula is C15H19N3O5. The fourth-order valence-corrected chi connectivity index (χ4v) is 2.67. The molecule has 23 heavy (non-hydrogen) atoms. The fourth-order valence-electron chi connectivity index (χ4n) is 2.67. The quantitative estimate of drug-likeness (QED) is 0.637. The summed E-state index contributed by atoms with van der Waals surface area (Å²) >= 11 is 0. The lowest BCUT2D eigenvalue weighted by Crippen LogP contribution is -2.66. The van der Waals surface area contributed by atoms with Crippen molar-refractivity contribution in [2.45, 2.75) is 24.5 Å². The van der Waals surface area contributed by atoms with E-state index in [4.69, 9.17) is 12.2 Å². The summed E-state index contributed by atoms with van der Waals surface area (Å²) < 4.78 is 25.4. The maximum absolute atomic E-state index is 12.6. The number of rotatable bonds is 4. The first-order valence-electron chi connectivity index (χ1n) is 7.81. The van der Waals surface area contributed by atoms with Crippen molar-refractivity contribution < 1.29 is 26.6 Å². The first-order chi connectivity index (χ1) is 11.8. The predicted octanol–water partition coefficient (Wildman–Crippen LogP) is -0.575. The molecule has 1 aromatic rings. The Kier molecular flexibility index (Phi) is 4.16. The molecular weight excluding hydrogens is 302 g/mol. The van der Waals surface area contributed by atoms with Crippen molar-refractivity contribution in [2.75, 3.05) is 14.2 Å². The van der Waals surface area contributed by atoms with Gasteiger partial charge in [0.15, 0.2) is 11.6 Å². The van der Waals surface area contributed by atoms with E-state index in [-0.39, 0.29) is 17.6 Å². The van der Waals surface area contributed by atoms with Gasteiger partial charge in [-0.25, -0.2) is 15.6 Å². The molecule has 124 valence electrons. The highest BCUT2D eigenvalue weighted by Crippen LogP contribution is 2.34.